The van der Waals surface area contributed by atoms with E-state index in [1.807, 2.05) is 5.32 Å². The molecule has 0 saturated carbocycles. The summed E-state index contributed by atoms with van der Waals surface area (Å²) in [6.07, 6.45) is -5.25. The molecule has 0 aliphatic carbocycles. The van der Waals surface area contributed by atoms with E-state index < -0.39 is 23.7 Å². The van der Waals surface area contributed by atoms with Gasteiger partial charge in [0.15, 0.2) is 0 Å². The maximum atomic E-state index is 14.1. The van der Waals surface area contributed by atoms with Crippen LogP contribution in [0.25, 0.3) is 0 Å². The lowest BCUT2D eigenvalue weighted by Crippen LogP contribution is -2.69. The number of hydrogen-bond acceptors (Lipinski definition) is 4. The first-order valence-electron chi connectivity index (χ1n) is 7.95. The number of anilines is 1. The summed E-state index contributed by atoms with van der Waals surface area (Å²) >= 11 is 11.6. The summed E-state index contributed by atoms with van der Waals surface area (Å²) in [5.74, 6) is -2.90. The lowest BCUT2D eigenvalue weighted by molar-refractivity contribution is -0.204. The van der Waals surface area contributed by atoms with Crippen molar-refractivity contribution in [2.45, 2.75) is 18.8 Å². The van der Waals surface area contributed by atoms with Gasteiger partial charge in [-0.05, 0) is 43.3 Å². The van der Waals surface area contributed by atoms with E-state index in [9.17, 15) is 22.8 Å². The molecular formula is C18H15Cl2F3N2O3. The molecule has 0 fully saturated rings. The van der Waals surface area contributed by atoms with Crippen LogP contribution < -0.4 is 10.6 Å². The van der Waals surface area contributed by atoms with Crippen LogP contribution in [-0.2, 0) is 9.53 Å². The number of halogens is 5. The predicted molar refractivity (Wildman–Crippen MR) is 99.4 cm³/mol. The zero-order valence-electron chi connectivity index (χ0n) is 14.4. The predicted octanol–water partition coefficient (Wildman–Crippen LogP) is 4.66. The van der Waals surface area contributed by atoms with Gasteiger partial charge in [-0.3, -0.25) is 4.79 Å². The molecule has 2 aromatic carbocycles. The minimum absolute atomic E-state index is 0.131. The highest BCUT2D eigenvalue weighted by Gasteiger charge is 2.63. The summed E-state index contributed by atoms with van der Waals surface area (Å²) < 4.78 is 46.8. The number of amides is 1. The molecule has 150 valence electrons. The van der Waals surface area contributed by atoms with Gasteiger partial charge in [0, 0.05) is 21.3 Å². The van der Waals surface area contributed by atoms with Crippen LogP contribution in [-0.4, -0.2) is 30.3 Å². The van der Waals surface area contributed by atoms with Crippen molar-refractivity contribution in [1.82, 2.24) is 5.32 Å². The molecule has 10 heteroatoms. The molecule has 2 aromatic rings. The minimum atomic E-state index is -5.25. The van der Waals surface area contributed by atoms with Gasteiger partial charge >= 0.3 is 17.8 Å². The van der Waals surface area contributed by atoms with E-state index in [1.54, 1.807) is 5.32 Å². The van der Waals surface area contributed by atoms with Gasteiger partial charge in [0.2, 0.25) is 0 Å². The summed E-state index contributed by atoms with van der Waals surface area (Å²) in [6, 6.07) is 10.5. The molecule has 0 unspecified atom stereocenters. The number of esters is 1. The van der Waals surface area contributed by atoms with Gasteiger partial charge in [0.25, 0.3) is 5.91 Å². The van der Waals surface area contributed by atoms with Crippen LogP contribution >= 0.6 is 23.2 Å². The Bertz CT molecular complexity index is 877. The number of carbonyl (C=O) groups excluding carboxylic acids is 2. The minimum Gasteiger partial charge on any atom is -0.463 e. The highest BCUT2D eigenvalue weighted by atomic mass is 35.5. The molecule has 0 saturated heterocycles. The summed E-state index contributed by atoms with van der Waals surface area (Å²) in [5, 5.41) is 4.01. The average molecular weight is 435 g/mol. The molecule has 5 nitrogen and oxygen atoms in total. The number of nitrogens with one attached hydrogen (secondary N) is 2. The fraction of sp³-hybridized carbons (Fsp3) is 0.222. The number of benzene rings is 2. The number of hydrogen-bond donors (Lipinski definition) is 2. The monoisotopic (exact) mass is 434 g/mol. The second-order valence-corrected chi connectivity index (χ2v) is 6.44. The normalized spacial score (nSPS) is 13.4. The SMILES string of the molecule is CCOC(=O)[C@](NC(=O)c1cccc(Cl)c1)(Nc1cccc(Cl)c1)C(F)(F)F. The van der Waals surface area contributed by atoms with E-state index in [-0.39, 0.29) is 27.9 Å². The van der Waals surface area contributed by atoms with Crippen molar-refractivity contribution in [3.63, 3.8) is 0 Å². The Hall–Kier alpha value is -2.45. The number of carbonyl (C=O) groups is 2. The van der Waals surface area contributed by atoms with E-state index in [0.717, 1.165) is 0 Å². The molecule has 0 aromatic heterocycles. The summed E-state index contributed by atoms with van der Waals surface area (Å²) in [7, 11) is 0. The van der Waals surface area contributed by atoms with Crippen LogP contribution in [0, 0.1) is 0 Å². The number of ether oxygens (including phenoxy) is 1. The van der Waals surface area contributed by atoms with E-state index >= 15 is 0 Å². The summed E-state index contributed by atoms with van der Waals surface area (Å²) in [5.41, 5.74) is -3.87. The Morgan fingerprint density at radius 2 is 1.64 bits per heavy atom. The maximum absolute atomic E-state index is 14.1. The van der Waals surface area contributed by atoms with Gasteiger partial charge in [0.05, 0.1) is 6.61 Å². The third kappa shape index (κ3) is 4.88. The highest BCUT2D eigenvalue weighted by molar-refractivity contribution is 6.31. The lowest BCUT2D eigenvalue weighted by Gasteiger charge is -2.35. The molecular weight excluding hydrogens is 420 g/mol. The number of alkyl halides is 3. The molecule has 1 atom stereocenters. The first-order valence-corrected chi connectivity index (χ1v) is 8.70. The molecule has 0 aliphatic heterocycles. The van der Waals surface area contributed by atoms with Crippen LogP contribution in [0.15, 0.2) is 48.5 Å². The number of rotatable bonds is 6. The van der Waals surface area contributed by atoms with Gasteiger partial charge < -0.3 is 15.4 Å². The molecule has 0 heterocycles. The second kappa shape index (κ2) is 8.70. The zero-order chi connectivity index (χ0) is 20.9. The van der Waals surface area contributed by atoms with E-state index in [2.05, 4.69) is 4.74 Å². The molecule has 2 N–H and O–H groups in total. The molecule has 0 bridgehead atoms. The van der Waals surface area contributed by atoms with Gasteiger partial charge in [-0.15, -0.1) is 0 Å². The first-order chi connectivity index (χ1) is 13.1. The molecule has 28 heavy (non-hydrogen) atoms. The van der Waals surface area contributed by atoms with E-state index in [0.29, 0.717) is 0 Å². The van der Waals surface area contributed by atoms with Gasteiger partial charge in [-0.25, -0.2) is 4.79 Å². The van der Waals surface area contributed by atoms with Crippen LogP contribution in [0.3, 0.4) is 0 Å². The Kier molecular flexibility index (Phi) is 6.79. The van der Waals surface area contributed by atoms with Crippen molar-refractivity contribution in [1.29, 1.82) is 0 Å². The fourth-order valence-corrected chi connectivity index (χ4v) is 2.67. The van der Waals surface area contributed by atoms with E-state index in [1.165, 1.54) is 55.5 Å². The first kappa shape index (κ1) is 21.8. The third-order valence-corrected chi connectivity index (χ3v) is 4.02. The van der Waals surface area contributed by atoms with Gasteiger partial charge in [-0.1, -0.05) is 35.3 Å². The summed E-state index contributed by atoms with van der Waals surface area (Å²) in [6.45, 7) is 1.01. The van der Waals surface area contributed by atoms with Crippen molar-refractivity contribution >= 4 is 40.8 Å². The van der Waals surface area contributed by atoms with Gasteiger partial charge in [0.1, 0.15) is 0 Å². The maximum Gasteiger partial charge on any atom is 0.441 e. The van der Waals surface area contributed by atoms with Crippen molar-refractivity contribution in [2.24, 2.45) is 0 Å². The Balaban J connectivity index is 2.52. The van der Waals surface area contributed by atoms with Crippen LogP contribution in [0.2, 0.25) is 10.0 Å². The molecule has 2 rings (SSSR count). The second-order valence-electron chi connectivity index (χ2n) is 5.57. The van der Waals surface area contributed by atoms with Crippen molar-refractivity contribution in [3.05, 3.63) is 64.1 Å². The molecule has 1 amide bonds. The van der Waals surface area contributed by atoms with E-state index in [4.69, 9.17) is 23.2 Å². The average Bonchev–Trinajstić information content (AvgIpc) is 2.60. The Morgan fingerprint density at radius 1 is 1.04 bits per heavy atom. The topological polar surface area (TPSA) is 67.4 Å². The Labute approximate surface area is 168 Å². The van der Waals surface area contributed by atoms with Crippen LogP contribution in [0.5, 0.6) is 0 Å². The van der Waals surface area contributed by atoms with Crippen LogP contribution in [0.1, 0.15) is 17.3 Å². The van der Waals surface area contributed by atoms with Crippen molar-refractivity contribution < 1.29 is 27.5 Å². The molecule has 0 spiro atoms. The zero-order valence-corrected chi connectivity index (χ0v) is 16.0. The highest BCUT2D eigenvalue weighted by Crippen LogP contribution is 2.34. The fourth-order valence-electron chi connectivity index (χ4n) is 2.29. The lowest BCUT2D eigenvalue weighted by atomic mass is 10.1. The Morgan fingerprint density at radius 3 is 2.18 bits per heavy atom. The van der Waals surface area contributed by atoms with Crippen molar-refractivity contribution in [3.8, 4) is 0 Å². The van der Waals surface area contributed by atoms with Crippen LogP contribution in [0.4, 0.5) is 18.9 Å². The van der Waals surface area contributed by atoms with Crippen molar-refractivity contribution in [2.75, 3.05) is 11.9 Å². The molecule has 0 radical (unpaired) electrons. The van der Waals surface area contributed by atoms with Gasteiger partial charge in [-0.2, -0.15) is 13.2 Å². The quantitative estimate of drug-likeness (QED) is 0.512. The smallest absolute Gasteiger partial charge is 0.441 e. The third-order valence-electron chi connectivity index (χ3n) is 3.55. The molecule has 0 aliphatic rings. The largest absolute Gasteiger partial charge is 0.463 e. The summed E-state index contributed by atoms with van der Waals surface area (Å²) in [4.78, 5) is 24.8. The standard InChI is InChI=1S/C18H15Cl2F3N2O3/c1-2-28-16(27)17(18(21,22)23,24-14-8-4-7-13(20)10-14)25-15(26)11-5-3-6-12(19)9-11/h3-10,24H,2H2,1H3,(H,25,26)/t17-/m1/s1.